The summed E-state index contributed by atoms with van der Waals surface area (Å²) in [7, 11) is 5.09. The molecular formula is C12H15N3O3. The van der Waals surface area contributed by atoms with Crippen molar-refractivity contribution in [2.45, 2.75) is 0 Å². The molecule has 0 aromatic carbocycles. The van der Waals surface area contributed by atoms with E-state index in [0.29, 0.717) is 11.4 Å². The van der Waals surface area contributed by atoms with Crippen molar-refractivity contribution in [2.24, 2.45) is 0 Å². The van der Waals surface area contributed by atoms with Crippen molar-refractivity contribution in [1.29, 1.82) is 0 Å². The minimum atomic E-state index is -0.477. The van der Waals surface area contributed by atoms with Gasteiger partial charge in [0.1, 0.15) is 5.69 Å². The highest BCUT2D eigenvalue weighted by Crippen LogP contribution is 2.26. The number of ether oxygens (including phenoxy) is 1. The summed E-state index contributed by atoms with van der Waals surface area (Å²) in [6, 6.07) is 1.40. The van der Waals surface area contributed by atoms with Crippen LogP contribution >= 0.6 is 0 Å². The van der Waals surface area contributed by atoms with Crippen LogP contribution in [-0.4, -0.2) is 36.0 Å². The van der Waals surface area contributed by atoms with Crippen molar-refractivity contribution in [2.75, 3.05) is 21.2 Å². The first-order chi connectivity index (χ1) is 8.49. The van der Waals surface area contributed by atoms with Crippen LogP contribution in [0.3, 0.4) is 0 Å². The van der Waals surface area contributed by atoms with E-state index in [9.17, 15) is 10.1 Å². The standard InChI is InChI=1S/C12H15N3O3/c1-5-9-8-11(15(16)17)10(6-7-14(2)3)13-12(9)18-4/h5-8H,1H2,2-4H3/b7-6+. The van der Waals surface area contributed by atoms with Gasteiger partial charge in [-0.2, -0.15) is 0 Å². The van der Waals surface area contributed by atoms with Gasteiger partial charge < -0.3 is 9.64 Å². The summed E-state index contributed by atoms with van der Waals surface area (Å²) in [6.07, 6.45) is 4.72. The number of nitro groups is 1. The second kappa shape index (κ2) is 5.81. The molecule has 6 heteroatoms. The molecule has 1 rings (SSSR count). The quantitative estimate of drug-likeness (QED) is 0.591. The monoisotopic (exact) mass is 249 g/mol. The van der Waals surface area contributed by atoms with Gasteiger partial charge in [-0.15, -0.1) is 0 Å². The number of nitrogens with zero attached hydrogens (tertiary/aromatic N) is 3. The highest BCUT2D eigenvalue weighted by Gasteiger charge is 2.17. The zero-order chi connectivity index (χ0) is 13.7. The first kappa shape index (κ1) is 13.7. The molecule has 0 atom stereocenters. The molecule has 0 aliphatic rings. The number of pyridine rings is 1. The van der Waals surface area contributed by atoms with Crippen LogP contribution in [0.4, 0.5) is 5.69 Å². The van der Waals surface area contributed by atoms with Gasteiger partial charge in [0, 0.05) is 31.9 Å². The molecule has 0 spiro atoms. The predicted molar refractivity (Wildman–Crippen MR) is 70.3 cm³/mol. The van der Waals surface area contributed by atoms with Crippen LogP contribution in [0.2, 0.25) is 0 Å². The summed E-state index contributed by atoms with van der Waals surface area (Å²) in [5.41, 5.74) is 0.658. The minimum absolute atomic E-state index is 0.0798. The van der Waals surface area contributed by atoms with E-state index in [1.54, 1.807) is 17.2 Å². The molecule has 0 amide bonds. The second-order valence-electron chi connectivity index (χ2n) is 3.73. The van der Waals surface area contributed by atoms with E-state index in [-0.39, 0.29) is 11.4 Å². The maximum absolute atomic E-state index is 11.0. The normalized spacial score (nSPS) is 10.4. The van der Waals surface area contributed by atoms with E-state index < -0.39 is 4.92 Å². The number of aromatic nitrogens is 1. The molecule has 0 aliphatic carbocycles. The molecule has 0 unspecified atom stereocenters. The largest absolute Gasteiger partial charge is 0.481 e. The lowest BCUT2D eigenvalue weighted by molar-refractivity contribution is -0.385. The third kappa shape index (κ3) is 3.07. The van der Waals surface area contributed by atoms with Crippen molar-refractivity contribution in [1.82, 2.24) is 9.88 Å². The fourth-order valence-electron chi connectivity index (χ4n) is 1.31. The molecule has 0 saturated carbocycles. The van der Waals surface area contributed by atoms with Gasteiger partial charge in [0.2, 0.25) is 5.88 Å². The van der Waals surface area contributed by atoms with Crippen LogP contribution in [0.5, 0.6) is 5.88 Å². The van der Waals surface area contributed by atoms with E-state index in [4.69, 9.17) is 4.74 Å². The maximum Gasteiger partial charge on any atom is 0.295 e. The van der Waals surface area contributed by atoms with Crippen molar-refractivity contribution in [3.63, 3.8) is 0 Å². The highest BCUT2D eigenvalue weighted by atomic mass is 16.6. The van der Waals surface area contributed by atoms with E-state index >= 15 is 0 Å². The second-order valence-corrected chi connectivity index (χ2v) is 3.73. The van der Waals surface area contributed by atoms with Gasteiger partial charge in [-0.05, 0) is 6.08 Å². The molecule has 1 aromatic heterocycles. The molecule has 1 heterocycles. The Labute approximate surface area is 105 Å². The topological polar surface area (TPSA) is 68.5 Å². The SMILES string of the molecule is C=Cc1cc([N+](=O)[O-])c(/C=C/N(C)C)nc1OC. The molecule has 0 saturated heterocycles. The molecule has 96 valence electrons. The lowest BCUT2D eigenvalue weighted by Gasteiger charge is -2.07. The molecule has 18 heavy (non-hydrogen) atoms. The summed E-state index contributed by atoms with van der Waals surface area (Å²) in [4.78, 5) is 16.4. The lowest BCUT2D eigenvalue weighted by Crippen LogP contribution is -2.02. The molecular weight excluding hydrogens is 234 g/mol. The number of rotatable bonds is 5. The average Bonchev–Trinajstić information content (AvgIpc) is 2.34. The average molecular weight is 249 g/mol. The predicted octanol–water partition coefficient (Wildman–Crippen LogP) is 2.17. The van der Waals surface area contributed by atoms with Gasteiger partial charge >= 0.3 is 0 Å². The fraction of sp³-hybridized carbons (Fsp3) is 0.250. The van der Waals surface area contributed by atoms with E-state index in [0.717, 1.165) is 0 Å². The molecule has 0 bridgehead atoms. The van der Waals surface area contributed by atoms with Gasteiger partial charge in [-0.25, -0.2) is 4.98 Å². The number of hydrogen-bond acceptors (Lipinski definition) is 5. The Morgan fingerprint density at radius 3 is 2.67 bits per heavy atom. The van der Waals surface area contributed by atoms with Crippen molar-refractivity contribution < 1.29 is 9.66 Å². The summed E-state index contributed by atoms with van der Waals surface area (Å²) >= 11 is 0. The van der Waals surface area contributed by atoms with E-state index in [2.05, 4.69) is 11.6 Å². The van der Waals surface area contributed by atoms with Crippen LogP contribution in [0.25, 0.3) is 12.2 Å². The summed E-state index contributed by atoms with van der Waals surface area (Å²) in [6.45, 7) is 3.58. The third-order valence-corrected chi connectivity index (χ3v) is 2.16. The molecule has 0 fully saturated rings. The van der Waals surface area contributed by atoms with E-state index in [1.807, 2.05) is 14.1 Å². The third-order valence-electron chi connectivity index (χ3n) is 2.16. The van der Waals surface area contributed by atoms with Gasteiger partial charge in [0.15, 0.2) is 0 Å². The maximum atomic E-state index is 11.0. The van der Waals surface area contributed by atoms with Crippen LogP contribution in [0.1, 0.15) is 11.3 Å². The van der Waals surface area contributed by atoms with Crippen molar-refractivity contribution in [3.8, 4) is 5.88 Å². The van der Waals surface area contributed by atoms with Crippen molar-refractivity contribution in [3.05, 3.63) is 40.2 Å². The number of hydrogen-bond donors (Lipinski definition) is 0. The fourth-order valence-corrected chi connectivity index (χ4v) is 1.31. The summed E-state index contributed by atoms with van der Waals surface area (Å²) in [5, 5.41) is 11.0. The van der Waals surface area contributed by atoms with E-state index in [1.165, 1.54) is 19.3 Å². The van der Waals surface area contributed by atoms with Crippen LogP contribution < -0.4 is 4.74 Å². The Morgan fingerprint density at radius 2 is 2.22 bits per heavy atom. The Morgan fingerprint density at radius 1 is 1.56 bits per heavy atom. The van der Waals surface area contributed by atoms with Crippen LogP contribution in [-0.2, 0) is 0 Å². The summed E-state index contributed by atoms with van der Waals surface area (Å²) in [5.74, 6) is 0.314. The Balaban J connectivity index is 3.38. The smallest absolute Gasteiger partial charge is 0.295 e. The van der Waals surface area contributed by atoms with Gasteiger partial charge in [0.05, 0.1) is 12.0 Å². The van der Waals surface area contributed by atoms with Crippen LogP contribution in [0, 0.1) is 10.1 Å². The van der Waals surface area contributed by atoms with Gasteiger partial charge in [-0.1, -0.05) is 12.7 Å². The molecule has 0 radical (unpaired) electrons. The molecule has 0 aliphatic heterocycles. The Hall–Kier alpha value is -2.37. The van der Waals surface area contributed by atoms with Gasteiger partial charge in [0.25, 0.3) is 5.69 Å². The first-order valence-corrected chi connectivity index (χ1v) is 5.20. The van der Waals surface area contributed by atoms with Crippen LogP contribution in [0.15, 0.2) is 18.8 Å². The first-order valence-electron chi connectivity index (χ1n) is 5.20. The lowest BCUT2D eigenvalue weighted by atomic mass is 10.2. The molecule has 1 aromatic rings. The highest BCUT2D eigenvalue weighted by molar-refractivity contribution is 5.64. The van der Waals surface area contributed by atoms with Crippen molar-refractivity contribution >= 4 is 17.8 Å². The minimum Gasteiger partial charge on any atom is -0.481 e. The zero-order valence-electron chi connectivity index (χ0n) is 10.6. The molecule has 0 N–H and O–H groups in total. The van der Waals surface area contributed by atoms with Gasteiger partial charge in [-0.3, -0.25) is 10.1 Å². The molecule has 6 nitrogen and oxygen atoms in total. The Bertz CT molecular complexity index is 496. The zero-order valence-corrected chi connectivity index (χ0v) is 10.6. The number of methoxy groups -OCH3 is 1. The Kier molecular flexibility index (Phi) is 4.42. The summed E-state index contributed by atoms with van der Waals surface area (Å²) < 4.78 is 5.07.